The van der Waals surface area contributed by atoms with Crippen molar-refractivity contribution < 1.29 is 5.11 Å². The normalized spacial score (nSPS) is 10.9. The third-order valence-corrected chi connectivity index (χ3v) is 2.97. The maximum absolute atomic E-state index is 9.44. The largest absolute Gasteiger partial charge is 0.394 e. The zero-order valence-corrected chi connectivity index (χ0v) is 9.70. The van der Waals surface area contributed by atoms with Crippen LogP contribution in [0.4, 0.5) is 5.69 Å². The third kappa shape index (κ3) is 2.50. The smallest absolute Gasteiger partial charge is 0.163 e. The molecule has 0 saturated carbocycles. The molecule has 2 N–H and O–H groups in total. The molecule has 0 aliphatic heterocycles. The number of hydrogen-bond acceptors (Lipinski definition) is 4. The van der Waals surface area contributed by atoms with E-state index in [9.17, 15) is 5.11 Å². The number of aliphatic hydroxyl groups is 1. The van der Waals surface area contributed by atoms with Crippen LogP contribution in [0.2, 0.25) is 0 Å². The van der Waals surface area contributed by atoms with Crippen LogP contribution in [-0.2, 0) is 0 Å². The van der Waals surface area contributed by atoms with Gasteiger partial charge in [0.2, 0.25) is 0 Å². The first-order valence-corrected chi connectivity index (χ1v) is 5.45. The van der Waals surface area contributed by atoms with Crippen molar-refractivity contribution in [3.8, 4) is 6.07 Å². The Hall–Kier alpha value is -1.60. The van der Waals surface area contributed by atoms with Gasteiger partial charge in [-0.3, -0.25) is 0 Å². The highest BCUT2D eigenvalue weighted by molar-refractivity contribution is 5.54. The summed E-state index contributed by atoms with van der Waals surface area (Å²) in [6.07, 6.45) is 3.17. The monoisotopic (exact) mass is 219 g/mol. The molecule has 0 aliphatic carbocycles. The van der Waals surface area contributed by atoms with E-state index in [1.807, 2.05) is 19.9 Å². The van der Waals surface area contributed by atoms with E-state index >= 15 is 0 Å². The average molecular weight is 219 g/mol. The first kappa shape index (κ1) is 12.5. The first-order chi connectivity index (χ1) is 7.71. The van der Waals surface area contributed by atoms with Crippen LogP contribution in [0.5, 0.6) is 0 Å². The molecule has 0 aromatic carbocycles. The van der Waals surface area contributed by atoms with Crippen LogP contribution in [0, 0.1) is 11.3 Å². The molecular weight excluding hydrogens is 202 g/mol. The Morgan fingerprint density at radius 1 is 1.50 bits per heavy atom. The second-order valence-corrected chi connectivity index (χ2v) is 3.78. The van der Waals surface area contributed by atoms with Gasteiger partial charge in [-0.2, -0.15) is 5.26 Å². The number of aliphatic hydroxyl groups excluding tert-OH is 1. The number of aromatic nitrogens is 1. The summed E-state index contributed by atoms with van der Waals surface area (Å²) in [4.78, 5) is 3.98. The van der Waals surface area contributed by atoms with Crippen LogP contribution < -0.4 is 5.32 Å². The van der Waals surface area contributed by atoms with E-state index in [0.717, 1.165) is 12.8 Å². The zero-order valence-electron chi connectivity index (χ0n) is 9.70. The Morgan fingerprint density at radius 2 is 2.19 bits per heavy atom. The molecule has 1 aromatic heterocycles. The predicted molar refractivity (Wildman–Crippen MR) is 63.0 cm³/mol. The number of hydrogen-bond donors (Lipinski definition) is 2. The fourth-order valence-corrected chi connectivity index (χ4v) is 1.57. The van der Waals surface area contributed by atoms with Gasteiger partial charge in [0.25, 0.3) is 0 Å². The van der Waals surface area contributed by atoms with Crippen molar-refractivity contribution in [2.75, 3.05) is 11.9 Å². The molecule has 0 radical (unpaired) electrons. The van der Waals surface area contributed by atoms with E-state index in [0.29, 0.717) is 11.4 Å². The zero-order chi connectivity index (χ0) is 12.0. The molecule has 0 spiro atoms. The molecule has 0 saturated heterocycles. The van der Waals surface area contributed by atoms with Gasteiger partial charge in [-0.1, -0.05) is 13.8 Å². The summed E-state index contributed by atoms with van der Waals surface area (Å²) < 4.78 is 0. The number of pyridine rings is 1. The number of nitriles is 1. The molecule has 4 nitrogen and oxygen atoms in total. The van der Waals surface area contributed by atoms with Crippen molar-refractivity contribution in [2.45, 2.75) is 32.2 Å². The van der Waals surface area contributed by atoms with E-state index in [1.54, 1.807) is 18.3 Å². The Bertz CT molecular complexity index is 372. The van der Waals surface area contributed by atoms with E-state index in [-0.39, 0.29) is 12.1 Å². The SMILES string of the molecule is CCC(CC)(CO)Nc1cccnc1C#N. The standard InChI is InChI=1S/C12H17N3O/c1-3-12(4-2,9-16)15-10-6-5-7-14-11(10)8-13/h5-7,15-16H,3-4,9H2,1-2H3. The molecule has 0 amide bonds. The third-order valence-electron chi connectivity index (χ3n) is 2.97. The molecule has 0 bridgehead atoms. The van der Waals surface area contributed by atoms with Crippen molar-refractivity contribution >= 4 is 5.69 Å². The predicted octanol–water partition coefficient (Wildman–Crippen LogP) is 1.92. The van der Waals surface area contributed by atoms with E-state index in [2.05, 4.69) is 10.3 Å². The molecular formula is C12H17N3O. The number of anilines is 1. The number of rotatable bonds is 5. The van der Waals surface area contributed by atoms with E-state index in [1.165, 1.54) is 0 Å². The van der Waals surface area contributed by atoms with Gasteiger partial charge < -0.3 is 10.4 Å². The quantitative estimate of drug-likeness (QED) is 0.793. The first-order valence-electron chi connectivity index (χ1n) is 5.45. The van der Waals surface area contributed by atoms with Crippen LogP contribution in [-0.4, -0.2) is 22.2 Å². The van der Waals surface area contributed by atoms with Crippen LogP contribution in [0.15, 0.2) is 18.3 Å². The Labute approximate surface area is 95.9 Å². The fourth-order valence-electron chi connectivity index (χ4n) is 1.57. The van der Waals surface area contributed by atoms with E-state index < -0.39 is 0 Å². The maximum Gasteiger partial charge on any atom is 0.163 e. The maximum atomic E-state index is 9.44. The Kier molecular flexibility index (Phi) is 4.27. The van der Waals surface area contributed by atoms with Gasteiger partial charge >= 0.3 is 0 Å². The van der Waals surface area contributed by atoms with Gasteiger partial charge in [0.1, 0.15) is 6.07 Å². The molecule has 1 rings (SSSR count). The summed E-state index contributed by atoms with van der Waals surface area (Å²) in [5, 5.41) is 21.6. The molecule has 86 valence electrons. The molecule has 1 aromatic rings. The topological polar surface area (TPSA) is 68.9 Å². The van der Waals surface area contributed by atoms with Crippen LogP contribution >= 0.6 is 0 Å². The summed E-state index contributed by atoms with van der Waals surface area (Å²) >= 11 is 0. The minimum absolute atomic E-state index is 0.0414. The van der Waals surface area contributed by atoms with Gasteiger partial charge in [-0.25, -0.2) is 4.98 Å². The van der Waals surface area contributed by atoms with Crippen molar-refractivity contribution in [2.24, 2.45) is 0 Å². The minimum atomic E-state index is -0.366. The van der Waals surface area contributed by atoms with Gasteiger partial charge in [0.05, 0.1) is 17.8 Å². The summed E-state index contributed by atoms with van der Waals surface area (Å²) in [5.41, 5.74) is 0.680. The second kappa shape index (κ2) is 5.47. The number of nitrogens with zero attached hydrogens (tertiary/aromatic N) is 2. The average Bonchev–Trinajstić information content (AvgIpc) is 2.36. The summed E-state index contributed by atoms with van der Waals surface area (Å²) in [7, 11) is 0. The van der Waals surface area contributed by atoms with Gasteiger partial charge in [-0.05, 0) is 25.0 Å². The molecule has 0 atom stereocenters. The van der Waals surface area contributed by atoms with Crippen molar-refractivity contribution in [3.63, 3.8) is 0 Å². The molecule has 0 fully saturated rings. The molecule has 1 heterocycles. The van der Waals surface area contributed by atoms with E-state index in [4.69, 9.17) is 5.26 Å². The highest BCUT2D eigenvalue weighted by Crippen LogP contribution is 2.23. The molecule has 16 heavy (non-hydrogen) atoms. The second-order valence-electron chi connectivity index (χ2n) is 3.78. The van der Waals surface area contributed by atoms with Crippen LogP contribution in [0.1, 0.15) is 32.4 Å². The lowest BCUT2D eigenvalue weighted by atomic mass is 9.93. The lowest BCUT2D eigenvalue weighted by Crippen LogP contribution is -2.41. The summed E-state index contributed by atoms with van der Waals surface area (Å²) in [6, 6.07) is 5.62. The van der Waals surface area contributed by atoms with Crippen LogP contribution in [0.3, 0.4) is 0 Å². The van der Waals surface area contributed by atoms with Crippen molar-refractivity contribution in [3.05, 3.63) is 24.0 Å². The lowest BCUT2D eigenvalue weighted by molar-refractivity contribution is 0.202. The fraction of sp³-hybridized carbons (Fsp3) is 0.500. The van der Waals surface area contributed by atoms with Gasteiger partial charge in [-0.15, -0.1) is 0 Å². The van der Waals surface area contributed by atoms with Crippen molar-refractivity contribution in [1.29, 1.82) is 5.26 Å². The number of nitrogens with one attached hydrogen (secondary N) is 1. The molecule has 0 unspecified atom stereocenters. The summed E-state index contributed by atoms with van der Waals surface area (Å²) in [5.74, 6) is 0. The van der Waals surface area contributed by atoms with Crippen molar-refractivity contribution in [1.82, 2.24) is 4.98 Å². The van der Waals surface area contributed by atoms with Gasteiger partial charge in [0.15, 0.2) is 5.69 Å². The van der Waals surface area contributed by atoms with Crippen LogP contribution in [0.25, 0.3) is 0 Å². The molecule has 0 aliphatic rings. The highest BCUT2D eigenvalue weighted by atomic mass is 16.3. The Balaban J connectivity index is 2.99. The molecule has 4 heteroatoms. The summed E-state index contributed by atoms with van der Waals surface area (Å²) in [6.45, 7) is 4.06. The Morgan fingerprint density at radius 3 is 2.69 bits per heavy atom. The minimum Gasteiger partial charge on any atom is -0.394 e. The highest BCUT2D eigenvalue weighted by Gasteiger charge is 2.25. The van der Waals surface area contributed by atoms with Gasteiger partial charge in [0, 0.05) is 6.20 Å². The lowest BCUT2D eigenvalue weighted by Gasteiger charge is -2.32.